The maximum Gasteiger partial charge on any atom is 0.239 e. The number of hydrazine groups is 1. The summed E-state index contributed by atoms with van der Waals surface area (Å²) in [4.78, 5) is 20.1. The molecule has 0 aliphatic rings. The molecular weight excluding hydrogens is 256 g/mol. The van der Waals surface area contributed by atoms with Gasteiger partial charge in [-0.15, -0.1) is 0 Å². The van der Waals surface area contributed by atoms with Gasteiger partial charge >= 0.3 is 0 Å². The zero-order chi connectivity index (χ0) is 14.4. The van der Waals surface area contributed by atoms with Gasteiger partial charge in [0.05, 0.1) is 12.1 Å². The molecule has 0 spiro atoms. The molecule has 5 N–H and O–H groups in total. The predicted octanol–water partition coefficient (Wildman–Crippen LogP) is 0.854. The molecule has 0 saturated heterocycles. The second kappa shape index (κ2) is 6.67. The van der Waals surface area contributed by atoms with Gasteiger partial charge in [-0.05, 0) is 18.6 Å². The van der Waals surface area contributed by atoms with Crippen molar-refractivity contribution in [2.45, 2.75) is 13.3 Å². The highest BCUT2D eigenvalue weighted by Gasteiger charge is 2.08. The number of nitrogen functional groups attached to an aromatic ring is 1. The molecule has 7 heteroatoms. The van der Waals surface area contributed by atoms with E-state index in [0.717, 1.165) is 17.3 Å². The second-order valence-corrected chi connectivity index (χ2v) is 4.26. The van der Waals surface area contributed by atoms with Crippen molar-refractivity contribution in [1.29, 1.82) is 0 Å². The molecule has 1 amide bonds. The highest BCUT2D eigenvalue weighted by molar-refractivity contribution is 5.91. The number of nitrogens with two attached hydrogens (primary N) is 1. The lowest BCUT2D eigenvalue weighted by Gasteiger charge is -2.10. The third-order valence-electron chi connectivity index (χ3n) is 2.72. The summed E-state index contributed by atoms with van der Waals surface area (Å²) in [7, 11) is 0. The fraction of sp³-hybridized carbons (Fsp3) is 0.308. The van der Waals surface area contributed by atoms with Crippen molar-refractivity contribution in [3.8, 4) is 0 Å². The molecule has 0 fully saturated rings. The maximum atomic E-state index is 11.6. The van der Waals surface area contributed by atoms with Crippen LogP contribution in [0.4, 0.5) is 11.8 Å². The zero-order valence-electron chi connectivity index (χ0n) is 11.3. The van der Waals surface area contributed by atoms with E-state index < -0.39 is 0 Å². The highest BCUT2D eigenvalue weighted by Crippen LogP contribution is 2.21. The van der Waals surface area contributed by atoms with Crippen LogP contribution in [0.2, 0.25) is 0 Å². The molecule has 0 unspecified atom stereocenters. The minimum absolute atomic E-state index is 0.0724. The lowest BCUT2D eigenvalue weighted by molar-refractivity contribution is -0.119. The molecule has 0 bridgehead atoms. The fourth-order valence-electron chi connectivity index (χ4n) is 1.77. The molecule has 0 aliphatic carbocycles. The van der Waals surface area contributed by atoms with Gasteiger partial charge in [-0.3, -0.25) is 10.2 Å². The fourth-order valence-corrected chi connectivity index (χ4v) is 1.77. The SMILES string of the molecule is CCCNC(=O)CNc1nc(NN)nc2ccccc12. The van der Waals surface area contributed by atoms with Crippen molar-refractivity contribution >= 4 is 28.6 Å². The van der Waals surface area contributed by atoms with E-state index in [0.29, 0.717) is 18.3 Å². The number of carbonyl (C=O) groups is 1. The number of amides is 1. The van der Waals surface area contributed by atoms with Crippen molar-refractivity contribution in [2.24, 2.45) is 5.84 Å². The number of aromatic nitrogens is 2. The summed E-state index contributed by atoms with van der Waals surface area (Å²) in [6.45, 7) is 2.83. The molecule has 0 atom stereocenters. The van der Waals surface area contributed by atoms with E-state index in [9.17, 15) is 4.79 Å². The van der Waals surface area contributed by atoms with Crippen LogP contribution in [0, 0.1) is 0 Å². The van der Waals surface area contributed by atoms with Gasteiger partial charge in [-0.1, -0.05) is 19.1 Å². The average molecular weight is 274 g/mol. The Morgan fingerprint density at radius 3 is 2.85 bits per heavy atom. The summed E-state index contributed by atoms with van der Waals surface area (Å²) in [6.07, 6.45) is 0.906. The molecule has 1 aromatic heterocycles. The smallest absolute Gasteiger partial charge is 0.239 e. The monoisotopic (exact) mass is 274 g/mol. The summed E-state index contributed by atoms with van der Waals surface area (Å²) in [5.41, 5.74) is 3.18. The first-order valence-electron chi connectivity index (χ1n) is 6.48. The van der Waals surface area contributed by atoms with Crippen LogP contribution in [-0.4, -0.2) is 29.0 Å². The van der Waals surface area contributed by atoms with Gasteiger partial charge in [-0.2, -0.15) is 4.98 Å². The van der Waals surface area contributed by atoms with Crippen LogP contribution in [0.1, 0.15) is 13.3 Å². The van der Waals surface area contributed by atoms with Crippen molar-refractivity contribution in [1.82, 2.24) is 15.3 Å². The Morgan fingerprint density at radius 2 is 2.10 bits per heavy atom. The number of nitrogens with one attached hydrogen (secondary N) is 3. The van der Waals surface area contributed by atoms with E-state index in [-0.39, 0.29) is 12.5 Å². The van der Waals surface area contributed by atoms with E-state index in [4.69, 9.17) is 5.84 Å². The largest absolute Gasteiger partial charge is 0.360 e. The van der Waals surface area contributed by atoms with Gasteiger partial charge in [0.25, 0.3) is 0 Å². The number of hydrogen-bond acceptors (Lipinski definition) is 6. The Kier molecular flexibility index (Phi) is 4.67. The Hall–Kier alpha value is -2.41. The van der Waals surface area contributed by atoms with Gasteiger partial charge in [0.1, 0.15) is 5.82 Å². The van der Waals surface area contributed by atoms with Crippen LogP contribution < -0.4 is 21.9 Å². The third-order valence-corrected chi connectivity index (χ3v) is 2.72. The number of carbonyl (C=O) groups excluding carboxylic acids is 1. The van der Waals surface area contributed by atoms with Crippen LogP contribution in [0.25, 0.3) is 10.9 Å². The first-order valence-corrected chi connectivity index (χ1v) is 6.48. The Balaban J connectivity index is 2.18. The van der Waals surface area contributed by atoms with E-state index in [1.807, 2.05) is 31.2 Å². The molecular formula is C13H18N6O. The standard InChI is InChI=1S/C13H18N6O/c1-2-7-15-11(20)8-16-12-9-5-3-4-6-10(9)17-13(18-12)19-14/h3-6H,2,7-8,14H2,1H3,(H,15,20)(H2,16,17,18,19). The molecule has 1 heterocycles. The summed E-state index contributed by atoms with van der Waals surface area (Å²) in [5.74, 6) is 6.16. The number of fused-ring (bicyclic) bond motifs is 1. The van der Waals surface area contributed by atoms with E-state index in [1.165, 1.54) is 0 Å². The lowest BCUT2D eigenvalue weighted by Crippen LogP contribution is -2.30. The topological polar surface area (TPSA) is 105 Å². The normalized spacial score (nSPS) is 10.3. The van der Waals surface area contributed by atoms with Gasteiger partial charge in [0, 0.05) is 11.9 Å². The zero-order valence-corrected chi connectivity index (χ0v) is 11.3. The van der Waals surface area contributed by atoms with Gasteiger partial charge in [0.2, 0.25) is 11.9 Å². The Morgan fingerprint density at radius 1 is 1.30 bits per heavy atom. The molecule has 20 heavy (non-hydrogen) atoms. The van der Waals surface area contributed by atoms with Crippen molar-refractivity contribution in [2.75, 3.05) is 23.8 Å². The van der Waals surface area contributed by atoms with Crippen LogP contribution in [0.15, 0.2) is 24.3 Å². The summed E-state index contributed by atoms with van der Waals surface area (Å²) < 4.78 is 0. The lowest BCUT2D eigenvalue weighted by atomic mass is 10.2. The molecule has 2 rings (SSSR count). The number of rotatable bonds is 6. The van der Waals surface area contributed by atoms with Gasteiger partial charge in [-0.25, -0.2) is 10.8 Å². The quantitative estimate of drug-likeness (QED) is 0.460. The van der Waals surface area contributed by atoms with E-state index >= 15 is 0 Å². The number of benzene rings is 1. The molecule has 0 saturated carbocycles. The number of hydrogen-bond donors (Lipinski definition) is 4. The number of para-hydroxylation sites is 1. The highest BCUT2D eigenvalue weighted by atomic mass is 16.1. The van der Waals surface area contributed by atoms with Gasteiger partial charge in [0.15, 0.2) is 0 Å². The summed E-state index contributed by atoms with van der Waals surface area (Å²) in [5, 5.41) is 6.65. The van der Waals surface area contributed by atoms with E-state index in [2.05, 4.69) is 26.0 Å². The van der Waals surface area contributed by atoms with Crippen LogP contribution in [0.5, 0.6) is 0 Å². The first kappa shape index (κ1) is 14.0. The maximum absolute atomic E-state index is 11.6. The van der Waals surface area contributed by atoms with Crippen LogP contribution in [-0.2, 0) is 4.79 Å². The second-order valence-electron chi connectivity index (χ2n) is 4.26. The van der Waals surface area contributed by atoms with Crippen LogP contribution >= 0.6 is 0 Å². The first-order chi connectivity index (χ1) is 9.74. The van der Waals surface area contributed by atoms with Crippen molar-refractivity contribution < 1.29 is 4.79 Å². The minimum Gasteiger partial charge on any atom is -0.360 e. The number of anilines is 2. The molecule has 106 valence electrons. The summed E-state index contributed by atoms with van der Waals surface area (Å²) in [6, 6.07) is 7.53. The Bertz CT molecular complexity index is 600. The molecule has 2 aromatic rings. The minimum atomic E-state index is -0.0724. The Labute approximate surface area is 116 Å². The predicted molar refractivity (Wildman–Crippen MR) is 79.1 cm³/mol. The molecule has 1 aromatic carbocycles. The molecule has 7 nitrogen and oxygen atoms in total. The molecule has 0 aliphatic heterocycles. The molecule has 0 radical (unpaired) electrons. The van der Waals surface area contributed by atoms with E-state index in [1.54, 1.807) is 0 Å². The van der Waals surface area contributed by atoms with Crippen LogP contribution in [0.3, 0.4) is 0 Å². The van der Waals surface area contributed by atoms with Crippen molar-refractivity contribution in [3.05, 3.63) is 24.3 Å². The summed E-state index contributed by atoms with van der Waals surface area (Å²) >= 11 is 0. The number of nitrogens with zero attached hydrogens (tertiary/aromatic N) is 2. The van der Waals surface area contributed by atoms with Crippen molar-refractivity contribution in [3.63, 3.8) is 0 Å². The third kappa shape index (κ3) is 3.33. The average Bonchev–Trinajstić information content (AvgIpc) is 2.50. The van der Waals surface area contributed by atoms with Gasteiger partial charge < -0.3 is 10.6 Å².